The predicted octanol–water partition coefficient (Wildman–Crippen LogP) is 19.1. The molecule has 0 amide bonds. The molecule has 0 radical (unpaired) electrons. The number of carbonyl (C=O) groups is 2. The van der Waals surface area contributed by atoms with Gasteiger partial charge in [-0.05, 0) is 32.1 Å². The van der Waals surface area contributed by atoms with Gasteiger partial charge in [0.05, 0.1) is 31.0 Å². The van der Waals surface area contributed by atoms with Crippen LogP contribution in [-0.2, 0) is 19.1 Å². The summed E-state index contributed by atoms with van der Waals surface area (Å²) in [6, 6.07) is 0. The molecule has 0 spiro atoms. The first kappa shape index (κ1) is 64.6. The lowest BCUT2D eigenvalue weighted by Crippen LogP contribution is -2.40. The van der Waals surface area contributed by atoms with Gasteiger partial charge in [0.1, 0.15) is 13.2 Å². The quantitative estimate of drug-likeness (QED) is 0.0358. The van der Waals surface area contributed by atoms with Gasteiger partial charge in [0.2, 0.25) is 0 Å². The van der Waals surface area contributed by atoms with Crippen molar-refractivity contribution in [1.29, 1.82) is 0 Å². The zero-order valence-electron chi connectivity index (χ0n) is 45.7. The minimum absolute atomic E-state index is 0.00513. The Bertz CT molecular complexity index is 1070. The van der Waals surface area contributed by atoms with Gasteiger partial charge in [-0.2, -0.15) is 0 Å². The number of ether oxygens (including phenoxy) is 2. The highest BCUT2D eigenvalue weighted by Gasteiger charge is 2.36. The van der Waals surface area contributed by atoms with Crippen molar-refractivity contribution in [1.82, 2.24) is 0 Å². The lowest BCUT2D eigenvalue weighted by Gasteiger charge is -2.27. The second-order valence-corrected chi connectivity index (χ2v) is 22.1. The molecule has 0 aromatic heterocycles. The normalized spacial score (nSPS) is 15.4. The zero-order valence-corrected chi connectivity index (χ0v) is 45.7. The minimum Gasteiger partial charge on any atom is -0.465 e. The molecule has 68 heavy (non-hydrogen) atoms. The minimum atomic E-state index is -1.12. The molecule has 1 saturated heterocycles. The average Bonchev–Trinajstić information content (AvgIpc) is 3.40. The van der Waals surface area contributed by atoms with Crippen LogP contribution in [0.15, 0.2) is 12.2 Å². The van der Waals surface area contributed by atoms with E-state index in [-0.39, 0.29) is 19.6 Å². The highest BCUT2D eigenvalue weighted by Crippen LogP contribution is 2.25. The zero-order chi connectivity index (χ0) is 49.0. The van der Waals surface area contributed by atoms with Crippen molar-refractivity contribution in [2.45, 2.75) is 334 Å². The summed E-state index contributed by atoms with van der Waals surface area (Å²) in [5.41, 5.74) is -1.12. The first-order valence-corrected chi connectivity index (χ1v) is 30.8. The van der Waals surface area contributed by atoms with Crippen molar-refractivity contribution < 1.29 is 29.3 Å². The fourth-order valence-electron chi connectivity index (χ4n) is 10.2. The van der Waals surface area contributed by atoms with Crippen molar-refractivity contribution in [2.24, 2.45) is 11.3 Å². The van der Waals surface area contributed by atoms with Crippen LogP contribution in [0, 0.1) is 11.3 Å². The van der Waals surface area contributed by atoms with Crippen LogP contribution in [0.25, 0.3) is 0 Å². The Morgan fingerprint density at radius 1 is 0.382 bits per heavy atom. The molecule has 1 aliphatic rings. The average molecular weight is 960 g/mol. The monoisotopic (exact) mass is 959 g/mol. The number of hydrogen-bond acceptors (Lipinski definition) is 6. The molecule has 402 valence electrons. The van der Waals surface area contributed by atoms with E-state index in [0.29, 0.717) is 6.42 Å². The number of unbranched alkanes of at least 4 members (excludes halogenated alkanes) is 47. The lowest BCUT2D eigenvalue weighted by molar-refractivity contribution is -0.155. The van der Waals surface area contributed by atoms with Crippen molar-refractivity contribution in [2.75, 3.05) is 26.4 Å². The molecule has 0 aromatic rings. The third-order valence-corrected chi connectivity index (χ3v) is 15.3. The summed E-state index contributed by atoms with van der Waals surface area (Å²) in [5.74, 6) is -1.40. The van der Waals surface area contributed by atoms with Crippen LogP contribution in [0.2, 0.25) is 0 Å². The number of allylic oxidation sites excluding steroid dienone is 2. The number of carbonyl (C=O) groups excluding carboxylic acids is 2. The fraction of sp³-hybridized carbons (Fsp3) is 0.935. The summed E-state index contributed by atoms with van der Waals surface area (Å²) in [6.45, 7) is 1.20. The van der Waals surface area contributed by atoms with Crippen molar-refractivity contribution in [3.63, 3.8) is 0 Å². The largest absolute Gasteiger partial charge is 0.465 e. The summed E-state index contributed by atoms with van der Waals surface area (Å²) in [7, 11) is 0. The van der Waals surface area contributed by atoms with Crippen LogP contribution in [0.1, 0.15) is 334 Å². The second kappa shape index (κ2) is 51.9. The van der Waals surface area contributed by atoms with E-state index in [1.165, 1.54) is 295 Å². The highest BCUT2D eigenvalue weighted by molar-refractivity contribution is 5.80. The van der Waals surface area contributed by atoms with E-state index in [9.17, 15) is 19.8 Å². The van der Waals surface area contributed by atoms with E-state index in [1.54, 1.807) is 0 Å². The van der Waals surface area contributed by atoms with Crippen LogP contribution >= 0.6 is 0 Å². The standard InChI is InChI=1S/C62H118O6/c1-2-3-4-5-6-7-8-9-10-11-12-13-14-15-16-17-18-19-20-21-22-23-24-25-26-27-28-29-30-31-32-33-34-35-36-37-38-39-40-41-42-43-44-45-46-47-48-49-50-51-52-53-59-54-60(65)67-57-62(55-63,56-64)58-68-61(59)66/h7-8,59,63-64H,2-6,9-58H2,1H3/b8-7+. The number of esters is 2. The summed E-state index contributed by atoms with van der Waals surface area (Å²) in [4.78, 5) is 24.7. The Balaban J connectivity index is 1.68. The first-order chi connectivity index (χ1) is 33.6. The van der Waals surface area contributed by atoms with Gasteiger partial charge in [-0.3, -0.25) is 9.59 Å². The molecule has 6 nitrogen and oxygen atoms in total. The van der Waals surface area contributed by atoms with Crippen LogP contribution in [0.4, 0.5) is 0 Å². The van der Waals surface area contributed by atoms with Gasteiger partial charge >= 0.3 is 11.9 Å². The molecule has 1 fully saturated rings. The molecule has 1 atom stereocenters. The van der Waals surface area contributed by atoms with E-state index in [1.807, 2.05) is 0 Å². The molecule has 6 heteroatoms. The van der Waals surface area contributed by atoms with E-state index >= 15 is 0 Å². The maximum Gasteiger partial charge on any atom is 0.309 e. The van der Waals surface area contributed by atoms with Crippen LogP contribution in [0.3, 0.4) is 0 Å². The van der Waals surface area contributed by atoms with Gasteiger partial charge in [0.15, 0.2) is 0 Å². The molecule has 1 heterocycles. The topological polar surface area (TPSA) is 93.1 Å². The number of rotatable bonds is 53. The molecule has 0 saturated carbocycles. The molecule has 1 aliphatic heterocycles. The Kier molecular flexibility index (Phi) is 49.4. The Labute approximate surface area is 423 Å². The van der Waals surface area contributed by atoms with Crippen molar-refractivity contribution in [3.05, 3.63) is 12.2 Å². The van der Waals surface area contributed by atoms with Gasteiger partial charge in [-0.15, -0.1) is 0 Å². The third kappa shape index (κ3) is 43.4. The van der Waals surface area contributed by atoms with E-state index < -0.39 is 36.5 Å². The van der Waals surface area contributed by atoms with Gasteiger partial charge in [-0.25, -0.2) is 0 Å². The maximum absolute atomic E-state index is 12.5. The molecule has 1 unspecified atom stereocenters. The van der Waals surface area contributed by atoms with Crippen molar-refractivity contribution >= 4 is 11.9 Å². The van der Waals surface area contributed by atoms with Crippen molar-refractivity contribution in [3.8, 4) is 0 Å². The summed E-state index contributed by atoms with van der Waals surface area (Å²) >= 11 is 0. The van der Waals surface area contributed by atoms with Gasteiger partial charge < -0.3 is 19.7 Å². The predicted molar refractivity (Wildman–Crippen MR) is 292 cm³/mol. The third-order valence-electron chi connectivity index (χ3n) is 15.3. The van der Waals surface area contributed by atoms with Gasteiger partial charge in [0.25, 0.3) is 0 Å². The molecule has 0 aromatic carbocycles. The van der Waals surface area contributed by atoms with Gasteiger partial charge in [0, 0.05) is 0 Å². The molecular weight excluding hydrogens is 841 g/mol. The van der Waals surface area contributed by atoms with E-state index in [0.717, 1.165) is 19.3 Å². The Morgan fingerprint density at radius 3 is 0.912 bits per heavy atom. The van der Waals surface area contributed by atoms with Crippen LogP contribution < -0.4 is 0 Å². The molecule has 0 aliphatic carbocycles. The highest BCUT2D eigenvalue weighted by atomic mass is 16.6. The van der Waals surface area contributed by atoms with E-state index in [4.69, 9.17) is 9.47 Å². The lowest BCUT2D eigenvalue weighted by atomic mass is 9.92. The summed E-state index contributed by atoms with van der Waals surface area (Å²) in [6.07, 6.45) is 74.2. The maximum atomic E-state index is 12.5. The molecule has 2 N–H and O–H groups in total. The summed E-state index contributed by atoms with van der Waals surface area (Å²) < 4.78 is 10.6. The summed E-state index contributed by atoms with van der Waals surface area (Å²) in [5, 5.41) is 19.2. The first-order valence-electron chi connectivity index (χ1n) is 30.8. The molecule has 0 bridgehead atoms. The molecule has 1 rings (SSSR count). The second-order valence-electron chi connectivity index (χ2n) is 22.1. The SMILES string of the molecule is CCCCCC/C=C/CCCCCCCCCCCCCCCCCCCCCCCCCCCCCCCCCCCCCCCCCCCCCC1CC(=O)OCC(CO)(CO)COC1=O. The van der Waals surface area contributed by atoms with Crippen LogP contribution in [-0.4, -0.2) is 48.6 Å². The number of hydrogen-bond donors (Lipinski definition) is 2. The number of aliphatic hydroxyl groups excluding tert-OH is 2. The molecular formula is C62H118O6. The smallest absolute Gasteiger partial charge is 0.309 e. The Hall–Kier alpha value is -1.40. The van der Waals surface area contributed by atoms with Crippen LogP contribution in [0.5, 0.6) is 0 Å². The van der Waals surface area contributed by atoms with Gasteiger partial charge in [-0.1, -0.05) is 308 Å². The number of aliphatic hydroxyl groups is 2. The Morgan fingerprint density at radius 2 is 0.632 bits per heavy atom. The fourth-order valence-corrected chi connectivity index (χ4v) is 10.2. The van der Waals surface area contributed by atoms with E-state index in [2.05, 4.69) is 19.1 Å². The number of cyclic esters (lactones) is 2.